The maximum Gasteiger partial charge on any atom is 0.367 e. The predicted molar refractivity (Wildman–Crippen MR) is 26.0 cm³/mol. The Morgan fingerprint density at radius 2 is 1.71 bits per heavy atom. The molecule has 1 aliphatic rings. The molecule has 0 saturated carbocycles. The van der Waals surface area contributed by atoms with Crippen LogP contribution in [0.25, 0.3) is 0 Å². The zero-order valence-electron chi connectivity index (χ0n) is 3.46. The fourth-order valence-electron chi connectivity index (χ4n) is 0.228. The number of rotatable bonds is 0. The Morgan fingerprint density at radius 1 is 1.29 bits per heavy atom. The SMILES string of the molecule is O.O=C1N=CC=N1. The Hall–Kier alpha value is -1.03. The van der Waals surface area contributed by atoms with Gasteiger partial charge in [0.05, 0.1) is 12.4 Å². The molecule has 1 rings (SSSR count). The maximum absolute atomic E-state index is 9.85. The van der Waals surface area contributed by atoms with E-state index in [4.69, 9.17) is 0 Å². The molecule has 2 amide bonds. The minimum atomic E-state index is -0.407. The van der Waals surface area contributed by atoms with E-state index in [9.17, 15) is 4.79 Å². The van der Waals surface area contributed by atoms with Gasteiger partial charge in [-0.2, -0.15) is 9.98 Å². The van der Waals surface area contributed by atoms with Crippen molar-refractivity contribution < 1.29 is 10.3 Å². The molecule has 1 heterocycles. The van der Waals surface area contributed by atoms with Crippen LogP contribution in [0.15, 0.2) is 9.98 Å². The third kappa shape index (κ3) is 1.23. The molecule has 0 saturated heterocycles. The summed E-state index contributed by atoms with van der Waals surface area (Å²) in [6.07, 6.45) is 2.73. The van der Waals surface area contributed by atoms with E-state index in [0.717, 1.165) is 0 Å². The van der Waals surface area contributed by atoms with E-state index in [0.29, 0.717) is 0 Å². The second kappa shape index (κ2) is 2.20. The van der Waals surface area contributed by atoms with E-state index in [1.54, 1.807) is 0 Å². The normalized spacial score (nSPS) is 14.6. The number of carbonyl (C=O) groups is 1. The van der Waals surface area contributed by atoms with Crippen LogP contribution in [-0.4, -0.2) is 23.9 Å². The van der Waals surface area contributed by atoms with Crippen LogP contribution < -0.4 is 0 Å². The second-order valence-electron chi connectivity index (χ2n) is 0.839. The molecule has 0 aromatic carbocycles. The van der Waals surface area contributed by atoms with Crippen LogP contribution in [0.5, 0.6) is 0 Å². The largest absolute Gasteiger partial charge is 0.412 e. The van der Waals surface area contributed by atoms with Crippen LogP contribution in [0.3, 0.4) is 0 Å². The van der Waals surface area contributed by atoms with Gasteiger partial charge < -0.3 is 5.48 Å². The zero-order chi connectivity index (χ0) is 4.41. The number of aliphatic imine (C=N–C) groups is 2. The van der Waals surface area contributed by atoms with E-state index in [1.807, 2.05) is 0 Å². The summed E-state index contributed by atoms with van der Waals surface area (Å²) < 4.78 is 0. The number of amides is 2. The molecule has 0 bridgehead atoms. The Kier molecular flexibility index (Phi) is 1.87. The van der Waals surface area contributed by atoms with Crippen LogP contribution in [0.2, 0.25) is 0 Å². The average molecular weight is 100 g/mol. The summed E-state index contributed by atoms with van der Waals surface area (Å²) in [7, 11) is 0. The first-order valence-electron chi connectivity index (χ1n) is 1.50. The molecule has 2 N–H and O–H groups in total. The minimum absolute atomic E-state index is 0. The highest BCUT2D eigenvalue weighted by Crippen LogP contribution is 1.81. The Balaban J connectivity index is 0.000000360. The first-order chi connectivity index (χ1) is 2.89. The van der Waals surface area contributed by atoms with Crippen LogP contribution >= 0.6 is 0 Å². The molecule has 4 heteroatoms. The summed E-state index contributed by atoms with van der Waals surface area (Å²) in [5, 5.41) is 0. The lowest BCUT2D eigenvalue weighted by molar-refractivity contribution is 0.257. The van der Waals surface area contributed by atoms with E-state index < -0.39 is 6.03 Å². The van der Waals surface area contributed by atoms with Gasteiger partial charge in [0, 0.05) is 0 Å². The van der Waals surface area contributed by atoms with Crippen LogP contribution in [-0.2, 0) is 0 Å². The van der Waals surface area contributed by atoms with Gasteiger partial charge in [-0.05, 0) is 0 Å². The minimum Gasteiger partial charge on any atom is -0.412 e. The number of hydrogen-bond acceptors (Lipinski definition) is 1. The summed E-state index contributed by atoms with van der Waals surface area (Å²) in [5.41, 5.74) is 0. The quantitative estimate of drug-likeness (QED) is 0.402. The van der Waals surface area contributed by atoms with Crippen LogP contribution in [0.4, 0.5) is 4.79 Å². The second-order valence-corrected chi connectivity index (χ2v) is 0.839. The maximum atomic E-state index is 9.85. The van der Waals surface area contributed by atoms with E-state index >= 15 is 0 Å². The van der Waals surface area contributed by atoms with Crippen LogP contribution in [0.1, 0.15) is 0 Å². The molecule has 0 radical (unpaired) electrons. The average Bonchev–Trinajstić information content (AvgIpc) is 1.86. The fraction of sp³-hybridized carbons (Fsp3) is 0. The first kappa shape index (κ1) is 5.97. The lowest BCUT2D eigenvalue weighted by Crippen LogP contribution is -1.70. The number of carbonyl (C=O) groups excluding carboxylic acids is 1. The van der Waals surface area contributed by atoms with Crippen LogP contribution in [0, 0.1) is 0 Å². The number of nitrogens with zero attached hydrogens (tertiary/aromatic N) is 2. The predicted octanol–water partition coefficient (Wildman–Crippen LogP) is -0.563. The van der Waals surface area contributed by atoms with Crippen molar-refractivity contribution in [1.29, 1.82) is 0 Å². The Labute approximate surface area is 39.9 Å². The highest BCUT2D eigenvalue weighted by molar-refractivity contribution is 6.25. The molecule has 0 aliphatic carbocycles. The molecule has 0 fully saturated rings. The van der Waals surface area contributed by atoms with Gasteiger partial charge in [-0.1, -0.05) is 0 Å². The van der Waals surface area contributed by atoms with Crippen molar-refractivity contribution in [1.82, 2.24) is 0 Å². The van der Waals surface area contributed by atoms with E-state index in [2.05, 4.69) is 9.98 Å². The van der Waals surface area contributed by atoms with Crippen molar-refractivity contribution in [2.45, 2.75) is 0 Å². The molecule has 4 nitrogen and oxygen atoms in total. The number of hydrogen-bond donors (Lipinski definition) is 0. The van der Waals surface area contributed by atoms with Gasteiger partial charge in [-0.25, -0.2) is 4.79 Å². The summed E-state index contributed by atoms with van der Waals surface area (Å²) in [4.78, 5) is 16.3. The smallest absolute Gasteiger partial charge is 0.367 e. The third-order valence-electron chi connectivity index (χ3n) is 0.437. The van der Waals surface area contributed by atoms with Crippen molar-refractivity contribution in [2.24, 2.45) is 9.98 Å². The highest BCUT2D eigenvalue weighted by Gasteiger charge is 1.91. The standard InChI is InChI=1S/C3H2N2O.H2O/c6-3-4-1-2-5-3;/h1-2H;1H2. The topological polar surface area (TPSA) is 73.3 Å². The summed E-state index contributed by atoms with van der Waals surface area (Å²) in [5.74, 6) is 0. The molecule has 0 aromatic rings. The molecule has 7 heavy (non-hydrogen) atoms. The van der Waals surface area contributed by atoms with Gasteiger partial charge in [0.2, 0.25) is 0 Å². The fourth-order valence-corrected chi connectivity index (χ4v) is 0.228. The van der Waals surface area contributed by atoms with E-state index in [1.165, 1.54) is 12.4 Å². The first-order valence-corrected chi connectivity index (χ1v) is 1.50. The molecule has 0 aromatic heterocycles. The summed E-state index contributed by atoms with van der Waals surface area (Å²) in [6.45, 7) is 0. The van der Waals surface area contributed by atoms with E-state index in [-0.39, 0.29) is 5.48 Å². The number of urea groups is 1. The van der Waals surface area contributed by atoms with Crippen molar-refractivity contribution in [3.05, 3.63) is 0 Å². The van der Waals surface area contributed by atoms with Gasteiger partial charge in [0.1, 0.15) is 0 Å². The molecule has 0 atom stereocenters. The van der Waals surface area contributed by atoms with Gasteiger partial charge in [0.25, 0.3) is 0 Å². The molecule has 38 valence electrons. The molecule has 0 spiro atoms. The van der Waals surface area contributed by atoms with Gasteiger partial charge in [-0.15, -0.1) is 0 Å². The molecule has 0 unspecified atom stereocenters. The van der Waals surface area contributed by atoms with Crippen molar-refractivity contribution in [2.75, 3.05) is 0 Å². The molecular weight excluding hydrogens is 96.0 g/mol. The van der Waals surface area contributed by atoms with Crippen molar-refractivity contribution in [3.8, 4) is 0 Å². The van der Waals surface area contributed by atoms with Gasteiger partial charge >= 0.3 is 6.03 Å². The monoisotopic (exact) mass is 100 g/mol. The summed E-state index contributed by atoms with van der Waals surface area (Å²) >= 11 is 0. The third-order valence-corrected chi connectivity index (χ3v) is 0.437. The molecular formula is C3H4N2O2. The Bertz CT molecular complexity index is 113. The van der Waals surface area contributed by atoms with Gasteiger partial charge in [-0.3, -0.25) is 0 Å². The zero-order valence-corrected chi connectivity index (χ0v) is 3.46. The van der Waals surface area contributed by atoms with Crippen molar-refractivity contribution >= 4 is 18.5 Å². The van der Waals surface area contributed by atoms with Gasteiger partial charge in [0.15, 0.2) is 0 Å². The van der Waals surface area contributed by atoms with Crippen molar-refractivity contribution in [3.63, 3.8) is 0 Å². The molecule has 1 aliphatic heterocycles. The summed E-state index contributed by atoms with van der Waals surface area (Å²) in [6, 6.07) is -0.407. The lowest BCUT2D eigenvalue weighted by Gasteiger charge is -1.62. The lowest BCUT2D eigenvalue weighted by atomic mass is 10.9. The highest BCUT2D eigenvalue weighted by atomic mass is 16.2. The Morgan fingerprint density at radius 3 is 1.86 bits per heavy atom.